The summed E-state index contributed by atoms with van der Waals surface area (Å²) in [5.41, 5.74) is 0.701. The predicted octanol–water partition coefficient (Wildman–Crippen LogP) is 1.19. The Labute approximate surface area is 133 Å². The fraction of sp³-hybridized carbons (Fsp3) is 0.400. The Morgan fingerprint density at radius 1 is 1.36 bits per heavy atom. The van der Waals surface area contributed by atoms with E-state index < -0.39 is 5.97 Å². The number of para-hydroxylation sites is 1. The Bertz CT molecular complexity index is 589. The molecule has 0 atom stereocenters. The van der Waals surface area contributed by atoms with E-state index in [0.717, 1.165) is 4.90 Å². The summed E-state index contributed by atoms with van der Waals surface area (Å²) in [4.78, 5) is 37.6. The van der Waals surface area contributed by atoms with Crippen molar-refractivity contribution >= 4 is 35.2 Å². The van der Waals surface area contributed by atoms with Gasteiger partial charge in [-0.25, -0.2) is 0 Å². The monoisotopic (exact) mass is 322 g/mol. The fourth-order valence-corrected chi connectivity index (χ4v) is 2.95. The second kappa shape index (κ2) is 7.31. The summed E-state index contributed by atoms with van der Waals surface area (Å²) in [6, 6.07) is 7.37. The van der Waals surface area contributed by atoms with Crippen LogP contribution in [0.3, 0.4) is 0 Å². The third kappa shape index (κ3) is 4.24. The number of hydrogen-bond donors (Lipinski definition) is 1. The number of nitrogens with zero attached hydrogens (tertiary/aromatic N) is 1. The largest absolute Gasteiger partial charge is 0.454 e. The average molecular weight is 322 g/mol. The molecule has 6 nitrogen and oxygen atoms in total. The second-order valence-electron chi connectivity index (χ2n) is 5.12. The summed E-state index contributed by atoms with van der Waals surface area (Å²) in [7, 11) is 0. The number of hydrogen-bond acceptors (Lipinski definition) is 5. The Hall–Kier alpha value is -2.02. The highest BCUT2D eigenvalue weighted by Crippen LogP contribution is 2.34. The molecule has 1 aliphatic rings. The first-order valence-corrected chi connectivity index (χ1v) is 7.93. The Morgan fingerprint density at radius 2 is 2.09 bits per heavy atom. The van der Waals surface area contributed by atoms with Gasteiger partial charge in [0.15, 0.2) is 6.61 Å². The Morgan fingerprint density at radius 3 is 2.82 bits per heavy atom. The van der Waals surface area contributed by atoms with Crippen LogP contribution in [0.25, 0.3) is 0 Å². The third-order valence-electron chi connectivity index (χ3n) is 2.91. The number of amides is 2. The summed E-state index contributed by atoms with van der Waals surface area (Å²) in [6.45, 7) is 3.11. The smallest absolute Gasteiger partial charge is 0.326 e. The van der Waals surface area contributed by atoms with Crippen molar-refractivity contribution < 1.29 is 19.1 Å². The second-order valence-corrected chi connectivity index (χ2v) is 6.14. The molecule has 7 heteroatoms. The first-order chi connectivity index (χ1) is 10.5. The van der Waals surface area contributed by atoms with Crippen LogP contribution in [0.15, 0.2) is 29.2 Å². The minimum absolute atomic E-state index is 0.0150. The van der Waals surface area contributed by atoms with Crippen molar-refractivity contribution in [2.45, 2.75) is 24.8 Å². The lowest BCUT2D eigenvalue weighted by molar-refractivity contribution is -0.147. The molecule has 22 heavy (non-hydrogen) atoms. The van der Waals surface area contributed by atoms with Crippen LogP contribution in [0.1, 0.15) is 13.8 Å². The van der Waals surface area contributed by atoms with Gasteiger partial charge in [-0.15, -0.1) is 11.8 Å². The van der Waals surface area contributed by atoms with Gasteiger partial charge in [0.05, 0.1) is 11.4 Å². The first kappa shape index (κ1) is 16.4. The minimum Gasteiger partial charge on any atom is -0.454 e. The third-order valence-corrected chi connectivity index (χ3v) is 3.96. The molecule has 0 radical (unpaired) electrons. The molecule has 2 rings (SSSR count). The number of carbonyl (C=O) groups excluding carboxylic acids is 3. The SMILES string of the molecule is CC(C)NC(=O)COC(=O)CN1C(=O)CSc2ccccc21. The van der Waals surface area contributed by atoms with Crippen LogP contribution in [0.5, 0.6) is 0 Å². The van der Waals surface area contributed by atoms with E-state index in [0.29, 0.717) is 5.69 Å². The summed E-state index contributed by atoms with van der Waals surface area (Å²) >= 11 is 1.45. The predicted molar refractivity (Wildman–Crippen MR) is 83.8 cm³/mol. The molecular weight excluding hydrogens is 304 g/mol. The van der Waals surface area contributed by atoms with E-state index in [9.17, 15) is 14.4 Å². The highest BCUT2D eigenvalue weighted by molar-refractivity contribution is 8.00. The molecule has 0 bridgehead atoms. The maximum atomic E-state index is 12.0. The Balaban J connectivity index is 1.94. The fourth-order valence-electron chi connectivity index (χ4n) is 2.01. The van der Waals surface area contributed by atoms with Crippen molar-refractivity contribution in [2.75, 3.05) is 23.8 Å². The zero-order valence-electron chi connectivity index (χ0n) is 12.5. The van der Waals surface area contributed by atoms with Gasteiger partial charge in [-0.1, -0.05) is 12.1 Å². The molecule has 118 valence electrons. The van der Waals surface area contributed by atoms with Crippen molar-refractivity contribution in [1.82, 2.24) is 5.32 Å². The molecule has 0 aliphatic carbocycles. The van der Waals surface area contributed by atoms with E-state index in [1.54, 1.807) is 6.07 Å². The van der Waals surface area contributed by atoms with Crippen LogP contribution in [-0.4, -0.2) is 42.7 Å². The molecule has 0 saturated carbocycles. The number of thioether (sulfide) groups is 1. The molecule has 1 heterocycles. The lowest BCUT2D eigenvalue weighted by Crippen LogP contribution is -2.41. The van der Waals surface area contributed by atoms with Gasteiger partial charge in [0.25, 0.3) is 5.91 Å². The number of anilines is 1. The zero-order valence-corrected chi connectivity index (χ0v) is 13.3. The molecule has 0 saturated heterocycles. The topological polar surface area (TPSA) is 75.7 Å². The maximum Gasteiger partial charge on any atom is 0.326 e. The van der Waals surface area contributed by atoms with Gasteiger partial charge in [0.1, 0.15) is 6.54 Å². The molecule has 1 aromatic carbocycles. The number of fused-ring (bicyclic) bond motifs is 1. The van der Waals surface area contributed by atoms with Gasteiger partial charge < -0.3 is 10.1 Å². The summed E-state index contributed by atoms with van der Waals surface area (Å²) < 4.78 is 4.92. The molecule has 0 fully saturated rings. The van der Waals surface area contributed by atoms with Crippen molar-refractivity contribution in [3.63, 3.8) is 0 Å². The van der Waals surface area contributed by atoms with Crippen LogP contribution in [0, 0.1) is 0 Å². The maximum absolute atomic E-state index is 12.0. The van der Waals surface area contributed by atoms with E-state index >= 15 is 0 Å². The van der Waals surface area contributed by atoms with E-state index in [-0.39, 0.29) is 36.8 Å². The standard InChI is InChI=1S/C15H18N2O4S/c1-10(2)16-13(18)8-21-15(20)7-17-11-5-3-4-6-12(11)22-9-14(17)19/h3-6,10H,7-9H2,1-2H3,(H,16,18). The summed E-state index contributed by atoms with van der Waals surface area (Å²) in [5, 5.41) is 2.63. The normalized spacial score (nSPS) is 13.8. The van der Waals surface area contributed by atoms with Gasteiger partial charge >= 0.3 is 5.97 Å². The van der Waals surface area contributed by atoms with E-state index in [4.69, 9.17) is 4.74 Å². The molecule has 1 aliphatic heterocycles. The number of ether oxygens (including phenoxy) is 1. The summed E-state index contributed by atoms with van der Waals surface area (Å²) in [6.07, 6.45) is 0. The van der Waals surface area contributed by atoms with Gasteiger partial charge in [-0.05, 0) is 26.0 Å². The van der Waals surface area contributed by atoms with Gasteiger partial charge in [0, 0.05) is 10.9 Å². The molecular formula is C15H18N2O4S. The first-order valence-electron chi connectivity index (χ1n) is 6.94. The van der Waals surface area contributed by atoms with Crippen molar-refractivity contribution in [3.8, 4) is 0 Å². The zero-order chi connectivity index (χ0) is 16.1. The van der Waals surface area contributed by atoms with Crippen LogP contribution in [0.2, 0.25) is 0 Å². The van der Waals surface area contributed by atoms with Gasteiger partial charge in [-0.2, -0.15) is 0 Å². The minimum atomic E-state index is -0.603. The highest BCUT2D eigenvalue weighted by atomic mass is 32.2. The number of esters is 1. The summed E-state index contributed by atoms with van der Waals surface area (Å²) in [5.74, 6) is -0.816. The lowest BCUT2D eigenvalue weighted by Gasteiger charge is -2.27. The number of rotatable bonds is 5. The van der Waals surface area contributed by atoms with E-state index in [2.05, 4.69) is 5.32 Å². The van der Waals surface area contributed by atoms with Crippen LogP contribution in [0.4, 0.5) is 5.69 Å². The van der Waals surface area contributed by atoms with Crippen molar-refractivity contribution in [2.24, 2.45) is 0 Å². The van der Waals surface area contributed by atoms with Crippen molar-refractivity contribution in [1.29, 1.82) is 0 Å². The number of benzene rings is 1. The molecule has 0 spiro atoms. The van der Waals surface area contributed by atoms with E-state index in [1.807, 2.05) is 32.0 Å². The molecule has 0 unspecified atom stereocenters. The Kier molecular flexibility index (Phi) is 5.43. The van der Waals surface area contributed by atoms with Gasteiger partial charge in [-0.3, -0.25) is 19.3 Å². The van der Waals surface area contributed by atoms with Crippen LogP contribution >= 0.6 is 11.8 Å². The molecule has 1 N–H and O–H groups in total. The molecule has 2 amide bonds. The van der Waals surface area contributed by atoms with Crippen LogP contribution in [-0.2, 0) is 19.1 Å². The van der Waals surface area contributed by atoms with Crippen molar-refractivity contribution in [3.05, 3.63) is 24.3 Å². The lowest BCUT2D eigenvalue weighted by atomic mass is 10.2. The quantitative estimate of drug-likeness (QED) is 0.824. The number of carbonyl (C=O) groups is 3. The number of nitrogens with one attached hydrogen (secondary N) is 1. The van der Waals surface area contributed by atoms with E-state index in [1.165, 1.54) is 16.7 Å². The average Bonchev–Trinajstić information content (AvgIpc) is 2.47. The van der Waals surface area contributed by atoms with Crippen LogP contribution < -0.4 is 10.2 Å². The van der Waals surface area contributed by atoms with Gasteiger partial charge in [0.2, 0.25) is 5.91 Å². The molecule has 0 aromatic heterocycles. The highest BCUT2D eigenvalue weighted by Gasteiger charge is 2.26. The molecule has 1 aromatic rings.